The third-order valence-corrected chi connectivity index (χ3v) is 9.28. The normalized spacial score (nSPS) is 22.4. The van der Waals surface area contributed by atoms with E-state index in [9.17, 15) is 9.50 Å². The third-order valence-electron chi connectivity index (χ3n) is 7.57. The van der Waals surface area contributed by atoms with E-state index < -0.39 is 0 Å². The van der Waals surface area contributed by atoms with Crippen LogP contribution in [-0.2, 0) is 0 Å². The van der Waals surface area contributed by atoms with Gasteiger partial charge in [-0.2, -0.15) is 0 Å². The van der Waals surface area contributed by atoms with E-state index in [1.165, 1.54) is 30.2 Å². The Balaban J connectivity index is 1.30. The fourth-order valence-corrected chi connectivity index (χ4v) is 7.03. The van der Waals surface area contributed by atoms with E-state index >= 15 is 0 Å². The van der Waals surface area contributed by atoms with Gasteiger partial charge in [-0.25, -0.2) is 9.37 Å². The quantitative estimate of drug-likeness (QED) is 0.363. The fourth-order valence-electron chi connectivity index (χ4n) is 5.38. The van der Waals surface area contributed by atoms with E-state index in [1.807, 2.05) is 13.0 Å². The minimum Gasteiger partial charge on any atom is -0.395 e. The standard InChI is InChI=1S/C26H31Cl2FN4OS/c1-15-3-4-17(12-32(15)9-10-34)18-13-33(14-18)26-31-23-8-7-22(29)24(25(23)35-26)30-16(2)20-6-5-19(27)11-21(20)28/h5-8,11,15-18,30,34H,3-4,9-10,12-14H2,1-2H3/t15-,16+,17-/m0/s1. The Kier molecular flexibility index (Phi) is 7.43. The molecule has 2 aromatic carbocycles. The maximum atomic E-state index is 14.9. The summed E-state index contributed by atoms with van der Waals surface area (Å²) in [4.78, 5) is 9.56. The lowest BCUT2D eigenvalue weighted by Gasteiger charge is -2.48. The van der Waals surface area contributed by atoms with E-state index in [0.717, 1.165) is 47.1 Å². The third kappa shape index (κ3) is 5.12. The highest BCUT2D eigenvalue weighted by Crippen LogP contribution is 2.41. The highest BCUT2D eigenvalue weighted by atomic mass is 35.5. The maximum Gasteiger partial charge on any atom is 0.186 e. The van der Waals surface area contributed by atoms with Crippen LogP contribution in [0, 0.1) is 17.7 Å². The summed E-state index contributed by atoms with van der Waals surface area (Å²) in [5.74, 6) is 0.992. The number of fused-ring (bicyclic) bond motifs is 1. The number of benzene rings is 2. The van der Waals surface area contributed by atoms with Crippen molar-refractivity contribution in [2.75, 3.05) is 43.0 Å². The van der Waals surface area contributed by atoms with Crippen molar-refractivity contribution in [3.05, 3.63) is 51.8 Å². The van der Waals surface area contributed by atoms with Crippen LogP contribution in [0.15, 0.2) is 30.3 Å². The van der Waals surface area contributed by atoms with Crippen molar-refractivity contribution in [3.63, 3.8) is 0 Å². The number of nitrogens with one attached hydrogen (secondary N) is 1. The van der Waals surface area contributed by atoms with Gasteiger partial charge in [0.15, 0.2) is 5.13 Å². The van der Waals surface area contributed by atoms with E-state index in [2.05, 4.69) is 22.0 Å². The predicted molar refractivity (Wildman–Crippen MR) is 145 cm³/mol. The van der Waals surface area contributed by atoms with Gasteiger partial charge in [0.2, 0.25) is 0 Å². The number of thiazole rings is 1. The van der Waals surface area contributed by atoms with Crippen LogP contribution in [0.5, 0.6) is 0 Å². The Labute approximate surface area is 219 Å². The van der Waals surface area contributed by atoms with Crippen molar-refractivity contribution >= 4 is 55.6 Å². The van der Waals surface area contributed by atoms with Gasteiger partial charge in [-0.1, -0.05) is 40.6 Å². The summed E-state index contributed by atoms with van der Waals surface area (Å²) in [5, 5.41) is 14.8. The lowest BCUT2D eigenvalue weighted by Crippen LogP contribution is -2.55. The molecule has 3 aromatic rings. The first-order chi connectivity index (χ1) is 16.8. The lowest BCUT2D eigenvalue weighted by molar-refractivity contribution is 0.0640. The number of nitrogens with zero attached hydrogens (tertiary/aromatic N) is 3. The summed E-state index contributed by atoms with van der Waals surface area (Å²) in [6, 6.07) is 8.93. The molecule has 3 atom stereocenters. The SMILES string of the molecule is C[C@@H](Nc1c(F)ccc2nc(N3CC([C@H]4CC[C@H](C)N(CCO)C4)C3)sc12)c1ccc(Cl)cc1Cl. The van der Waals surface area contributed by atoms with E-state index in [0.29, 0.717) is 33.6 Å². The number of halogens is 3. The Morgan fingerprint density at radius 3 is 2.71 bits per heavy atom. The first kappa shape index (κ1) is 25.0. The molecular weight excluding hydrogens is 506 g/mol. The first-order valence-electron chi connectivity index (χ1n) is 12.2. The van der Waals surface area contributed by atoms with E-state index in [4.69, 9.17) is 28.2 Å². The molecular formula is C26H31Cl2FN4OS. The number of likely N-dealkylation sites (tertiary alicyclic amines) is 1. The van der Waals surface area contributed by atoms with Crippen LogP contribution in [0.3, 0.4) is 0 Å². The van der Waals surface area contributed by atoms with Crippen molar-refractivity contribution in [1.82, 2.24) is 9.88 Å². The van der Waals surface area contributed by atoms with Crippen LogP contribution in [0.1, 0.15) is 38.3 Å². The lowest BCUT2D eigenvalue weighted by atomic mass is 9.79. The molecule has 35 heavy (non-hydrogen) atoms. The molecule has 9 heteroatoms. The molecule has 2 fully saturated rings. The Hall–Kier alpha value is -1.64. The van der Waals surface area contributed by atoms with Crippen molar-refractivity contribution in [1.29, 1.82) is 0 Å². The molecule has 5 rings (SSSR count). The zero-order valence-electron chi connectivity index (χ0n) is 20.0. The second-order valence-corrected chi connectivity index (χ2v) is 11.7. The predicted octanol–water partition coefficient (Wildman–Crippen LogP) is 6.44. The Morgan fingerprint density at radius 1 is 1.17 bits per heavy atom. The maximum absolute atomic E-state index is 14.9. The van der Waals surface area contributed by atoms with Crippen LogP contribution in [0.25, 0.3) is 10.2 Å². The minimum absolute atomic E-state index is 0.200. The molecule has 0 radical (unpaired) electrons. The number of anilines is 2. The number of β-amino-alcohol motifs (C(OH)–C–C–N with tert-alkyl or cyclic N) is 1. The molecule has 2 aliphatic heterocycles. The number of aliphatic hydroxyl groups excluding tert-OH is 1. The zero-order valence-corrected chi connectivity index (χ0v) is 22.3. The zero-order chi connectivity index (χ0) is 24.7. The number of aromatic nitrogens is 1. The molecule has 0 amide bonds. The van der Waals surface area contributed by atoms with Crippen molar-refractivity contribution in [2.24, 2.45) is 11.8 Å². The van der Waals surface area contributed by atoms with Gasteiger partial charge in [-0.15, -0.1) is 0 Å². The van der Waals surface area contributed by atoms with Crippen molar-refractivity contribution in [2.45, 2.75) is 38.8 Å². The van der Waals surface area contributed by atoms with Crippen molar-refractivity contribution < 1.29 is 9.50 Å². The summed E-state index contributed by atoms with van der Waals surface area (Å²) in [7, 11) is 0. The molecule has 0 unspecified atom stereocenters. The second-order valence-electron chi connectivity index (χ2n) is 9.87. The molecule has 0 aliphatic carbocycles. The van der Waals surface area contributed by atoms with Gasteiger partial charge in [0.1, 0.15) is 5.82 Å². The van der Waals surface area contributed by atoms with Gasteiger partial charge in [-0.05, 0) is 68.4 Å². The van der Waals surface area contributed by atoms with Crippen LogP contribution < -0.4 is 10.2 Å². The van der Waals surface area contributed by atoms with E-state index in [1.54, 1.807) is 18.2 Å². The van der Waals surface area contributed by atoms with Crippen LogP contribution >= 0.6 is 34.5 Å². The van der Waals surface area contributed by atoms with Gasteiger partial charge in [-0.3, -0.25) is 4.90 Å². The van der Waals surface area contributed by atoms with Gasteiger partial charge >= 0.3 is 0 Å². The molecule has 188 valence electrons. The first-order valence-corrected chi connectivity index (χ1v) is 13.8. The summed E-state index contributed by atoms with van der Waals surface area (Å²) in [5.41, 5.74) is 2.12. The number of hydrogen-bond donors (Lipinski definition) is 2. The van der Waals surface area contributed by atoms with Gasteiger partial charge in [0.05, 0.1) is 28.6 Å². The van der Waals surface area contributed by atoms with E-state index in [-0.39, 0.29) is 18.5 Å². The molecule has 2 saturated heterocycles. The average molecular weight is 538 g/mol. The van der Waals surface area contributed by atoms with Gasteiger partial charge < -0.3 is 15.3 Å². The Morgan fingerprint density at radius 2 is 1.97 bits per heavy atom. The van der Waals surface area contributed by atoms with Crippen LogP contribution in [0.4, 0.5) is 15.2 Å². The Bertz CT molecular complexity index is 1200. The summed E-state index contributed by atoms with van der Waals surface area (Å²) in [6.07, 6.45) is 2.43. The van der Waals surface area contributed by atoms with Gasteiger partial charge in [0, 0.05) is 42.3 Å². The minimum atomic E-state index is -0.300. The highest BCUT2D eigenvalue weighted by Gasteiger charge is 2.38. The number of hydrogen-bond acceptors (Lipinski definition) is 6. The molecule has 3 heterocycles. The second kappa shape index (κ2) is 10.4. The molecule has 1 aromatic heterocycles. The molecule has 5 nitrogen and oxygen atoms in total. The summed E-state index contributed by atoms with van der Waals surface area (Å²) >= 11 is 14.0. The van der Waals surface area contributed by atoms with Crippen LogP contribution in [-0.4, -0.2) is 53.8 Å². The van der Waals surface area contributed by atoms with Crippen LogP contribution in [0.2, 0.25) is 10.0 Å². The highest BCUT2D eigenvalue weighted by molar-refractivity contribution is 7.22. The average Bonchev–Trinajstić information content (AvgIpc) is 3.21. The molecule has 2 N–H and O–H groups in total. The molecule has 0 bridgehead atoms. The largest absolute Gasteiger partial charge is 0.395 e. The van der Waals surface area contributed by atoms with Crippen molar-refractivity contribution in [3.8, 4) is 0 Å². The topological polar surface area (TPSA) is 51.6 Å². The monoisotopic (exact) mass is 536 g/mol. The number of aliphatic hydroxyl groups is 1. The smallest absolute Gasteiger partial charge is 0.186 e. The number of rotatable bonds is 7. The summed E-state index contributed by atoms with van der Waals surface area (Å²) < 4.78 is 15.7. The van der Waals surface area contributed by atoms with Gasteiger partial charge in [0.25, 0.3) is 0 Å². The molecule has 0 saturated carbocycles. The number of piperidine rings is 1. The molecule has 2 aliphatic rings. The fraction of sp³-hybridized carbons (Fsp3) is 0.500. The summed E-state index contributed by atoms with van der Waals surface area (Å²) in [6.45, 7) is 8.21. The molecule has 0 spiro atoms.